The molecule has 1 aliphatic heterocycles. The zero-order chi connectivity index (χ0) is 14.5. The van der Waals surface area contributed by atoms with Gasteiger partial charge in [0.2, 0.25) is 0 Å². The highest BCUT2D eigenvalue weighted by Gasteiger charge is 2.22. The Hall–Kier alpha value is -0.610. The average molecular weight is 295 g/mol. The fourth-order valence-electron chi connectivity index (χ4n) is 2.83. The first-order valence-corrected chi connectivity index (χ1v) is 8.92. The van der Waals surface area contributed by atoms with E-state index in [9.17, 15) is 0 Å². The number of piperidine rings is 1. The van der Waals surface area contributed by atoms with Gasteiger partial charge in [-0.1, -0.05) is 34.1 Å². The Labute approximate surface area is 127 Å². The van der Waals surface area contributed by atoms with Crippen molar-refractivity contribution in [1.82, 2.24) is 10.3 Å². The average Bonchev–Trinajstić information content (AvgIpc) is 2.89. The maximum absolute atomic E-state index is 4.94. The zero-order valence-corrected chi connectivity index (χ0v) is 14.2. The van der Waals surface area contributed by atoms with Gasteiger partial charge in [0.05, 0.1) is 5.69 Å². The zero-order valence-electron chi connectivity index (χ0n) is 13.4. The summed E-state index contributed by atoms with van der Waals surface area (Å²) < 4.78 is 0. The molecule has 2 heterocycles. The predicted octanol–water partition coefficient (Wildman–Crippen LogP) is 4.00. The van der Waals surface area contributed by atoms with Crippen LogP contribution in [0.4, 0.5) is 5.13 Å². The summed E-state index contributed by atoms with van der Waals surface area (Å²) in [6, 6.07) is 0. The van der Waals surface area contributed by atoms with Crippen LogP contribution in [-0.2, 0) is 6.54 Å². The standard InChI is InChI=1S/C16H29N3S/c1-5-13-7-9-19(10-8-13)16-18-15(12(3)4)14(20-16)11-17-6-2/h12-13,17H,5-11H2,1-4H3. The fraction of sp³-hybridized carbons (Fsp3) is 0.812. The van der Waals surface area contributed by atoms with Crippen LogP contribution < -0.4 is 10.2 Å². The minimum Gasteiger partial charge on any atom is -0.348 e. The number of rotatable bonds is 6. The summed E-state index contributed by atoms with van der Waals surface area (Å²) in [6.45, 7) is 13.3. The van der Waals surface area contributed by atoms with E-state index in [2.05, 4.69) is 37.9 Å². The van der Waals surface area contributed by atoms with E-state index in [1.54, 1.807) is 0 Å². The Morgan fingerprint density at radius 2 is 2.00 bits per heavy atom. The number of thiazole rings is 1. The summed E-state index contributed by atoms with van der Waals surface area (Å²) in [6.07, 6.45) is 3.99. The molecule has 4 heteroatoms. The quantitative estimate of drug-likeness (QED) is 0.859. The molecule has 0 aliphatic carbocycles. The van der Waals surface area contributed by atoms with Gasteiger partial charge in [-0.15, -0.1) is 11.3 Å². The Balaban J connectivity index is 2.08. The molecule has 20 heavy (non-hydrogen) atoms. The molecule has 0 amide bonds. The number of aromatic nitrogens is 1. The van der Waals surface area contributed by atoms with Gasteiger partial charge < -0.3 is 10.2 Å². The van der Waals surface area contributed by atoms with Gasteiger partial charge in [-0.2, -0.15) is 0 Å². The first-order chi connectivity index (χ1) is 9.65. The molecule has 1 fully saturated rings. The number of nitrogens with one attached hydrogen (secondary N) is 1. The molecule has 0 spiro atoms. The molecule has 0 radical (unpaired) electrons. The van der Waals surface area contributed by atoms with E-state index in [-0.39, 0.29) is 0 Å². The molecule has 114 valence electrons. The lowest BCUT2D eigenvalue weighted by Crippen LogP contribution is -2.33. The normalized spacial score (nSPS) is 17.1. The molecule has 1 saturated heterocycles. The highest BCUT2D eigenvalue weighted by Crippen LogP contribution is 2.33. The minimum atomic E-state index is 0.516. The van der Waals surface area contributed by atoms with Crippen LogP contribution >= 0.6 is 11.3 Å². The molecule has 1 N–H and O–H groups in total. The molecule has 0 atom stereocenters. The topological polar surface area (TPSA) is 28.2 Å². The molecule has 0 bridgehead atoms. The van der Waals surface area contributed by atoms with Crippen LogP contribution in [0.15, 0.2) is 0 Å². The van der Waals surface area contributed by atoms with Gasteiger partial charge >= 0.3 is 0 Å². The highest BCUT2D eigenvalue weighted by atomic mass is 32.1. The third kappa shape index (κ3) is 3.73. The summed E-state index contributed by atoms with van der Waals surface area (Å²) >= 11 is 1.90. The van der Waals surface area contributed by atoms with Crippen molar-refractivity contribution >= 4 is 16.5 Å². The maximum Gasteiger partial charge on any atom is 0.185 e. The smallest absolute Gasteiger partial charge is 0.185 e. The molecule has 0 unspecified atom stereocenters. The molecule has 1 aliphatic rings. The summed E-state index contributed by atoms with van der Waals surface area (Å²) in [5, 5.41) is 4.69. The van der Waals surface area contributed by atoms with Crippen molar-refractivity contribution in [3.05, 3.63) is 10.6 Å². The number of hydrogen-bond acceptors (Lipinski definition) is 4. The van der Waals surface area contributed by atoms with E-state index < -0.39 is 0 Å². The van der Waals surface area contributed by atoms with Crippen LogP contribution in [0.25, 0.3) is 0 Å². The van der Waals surface area contributed by atoms with Crippen LogP contribution in [0.3, 0.4) is 0 Å². The van der Waals surface area contributed by atoms with Crippen molar-refractivity contribution in [2.75, 3.05) is 24.5 Å². The lowest BCUT2D eigenvalue weighted by Gasteiger charge is -2.31. The summed E-state index contributed by atoms with van der Waals surface area (Å²) in [7, 11) is 0. The largest absolute Gasteiger partial charge is 0.348 e. The summed E-state index contributed by atoms with van der Waals surface area (Å²) in [5.41, 5.74) is 1.29. The fourth-order valence-corrected chi connectivity index (χ4v) is 4.07. The monoisotopic (exact) mass is 295 g/mol. The van der Waals surface area contributed by atoms with Gasteiger partial charge in [-0.05, 0) is 31.2 Å². The third-order valence-corrected chi connectivity index (χ3v) is 5.39. The Bertz CT molecular complexity index is 406. The van der Waals surface area contributed by atoms with E-state index in [0.29, 0.717) is 5.92 Å². The molecule has 1 aromatic rings. The Morgan fingerprint density at radius 1 is 1.30 bits per heavy atom. The number of anilines is 1. The van der Waals surface area contributed by atoms with Gasteiger partial charge in [-0.3, -0.25) is 0 Å². The lowest BCUT2D eigenvalue weighted by molar-refractivity contribution is 0.395. The van der Waals surface area contributed by atoms with E-state index in [4.69, 9.17) is 4.98 Å². The van der Waals surface area contributed by atoms with Crippen LogP contribution in [0.5, 0.6) is 0 Å². The second-order valence-corrected chi connectivity index (χ2v) is 7.14. The molecule has 0 aromatic carbocycles. The predicted molar refractivity (Wildman–Crippen MR) is 88.8 cm³/mol. The van der Waals surface area contributed by atoms with E-state index in [1.807, 2.05) is 11.3 Å². The van der Waals surface area contributed by atoms with Crippen molar-refractivity contribution in [3.8, 4) is 0 Å². The van der Waals surface area contributed by atoms with Crippen molar-refractivity contribution in [2.45, 2.75) is 59.4 Å². The molecular formula is C16H29N3S. The molecule has 0 saturated carbocycles. The molecular weight excluding hydrogens is 266 g/mol. The Kier molecular flexibility index (Phi) is 5.85. The van der Waals surface area contributed by atoms with E-state index in [1.165, 1.54) is 48.1 Å². The van der Waals surface area contributed by atoms with Crippen LogP contribution in [0, 0.1) is 5.92 Å². The van der Waals surface area contributed by atoms with Crippen LogP contribution in [0.2, 0.25) is 0 Å². The van der Waals surface area contributed by atoms with Crippen LogP contribution in [0.1, 0.15) is 63.4 Å². The van der Waals surface area contributed by atoms with E-state index >= 15 is 0 Å². The second kappa shape index (κ2) is 7.41. The van der Waals surface area contributed by atoms with Crippen molar-refractivity contribution in [1.29, 1.82) is 0 Å². The first-order valence-electron chi connectivity index (χ1n) is 8.10. The molecule has 1 aromatic heterocycles. The van der Waals surface area contributed by atoms with Crippen molar-refractivity contribution in [2.24, 2.45) is 5.92 Å². The third-order valence-electron chi connectivity index (χ3n) is 4.26. The SMILES string of the molecule is CCNCc1sc(N2CCC(CC)CC2)nc1C(C)C. The van der Waals surface area contributed by atoms with Crippen LogP contribution in [-0.4, -0.2) is 24.6 Å². The van der Waals surface area contributed by atoms with Crippen molar-refractivity contribution in [3.63, 3.8) is 0 Å². The van der Waals surface area contributed by atoms with Gasteiger partial charge in [0, 0.05) is 24.5 Å². The first kappa shape index (κ1) is 15.8. The highest BCUT2D eigenvalue weighted by molar-refractivity contribution is 7.15. The molecule has 2 rings (SSSR count). The van der Waals surface area contributed by atoms with Crippen molar-refractivity contribution < 1.29 is 0 Å². The Morgan fingerprint density at radius 3 is 2.55 bits per heavy atom. The van der Waals surface area contributed by atoms with Gasteiger partial charge in [0.1, 0.15) is 0 Å². The van der Waals surface area contributed by atoms with Gasteiger partial charge in [0.15, 0.2) is 5.13 Å². The summed E-state index contributed by atoms with van der Waals surface area (Å²) in [5.74, 6) is 1.44. The molecule has 3 nitrogen and oxygen atoms in total. The maximum atomic E-state index is 4.94. The number of nitrogens with zero attached hydrogens (tertiary/aromatic N) is 2. The minimum absolute atomic E-state index is 0.516. The lowest BCUT2D eigenvalue weighted by atomic mass is 9.95. The van der Waals surface area contributed by atoms with Gasteiger partial charge in [-0.25, -0.2) is 4.98 Å². The summed E-state index contributed by atoms with van der Waals surface area (Å²) in [4.78, 5) is 8.87. The second-order valence-electron chi connectivity index (χ2n) is 6.08. The number of hydrogen-bond donors (Lipinski definition) is 1. The van der Waals surface area contributed by atoms with E-state index in [0.717, 1.165) is 19.0 Å². The van der Waals surface area contributed by atoms with Gasteiger partial charge in [0.25, 0.3) is 0 Å².